The Morgan fingerprint density at radius 3 is 2.28 bits per heavy atom. The van der Waals surface area contributed by atoms with Crippen molar-refractivity contribution in [1.82, 2.24) is 9.80 Å². The number of hydrogen-bond donors (Lipinski definition) is 2. The minimum Gasteiger partial charge on any atom is -0.493 e. The molecule has 2 aromatic rings. The molecule has 9 heteroatoms. The smallest absolute Gasteiger partial charge is 0.321 e. The SMILES string of the molecule is COc1cc(NC(=O)C2CCCN(C(=O)Nc3cccc(C)c3)C2)c(C(=O)N2CCCC2)cc1OC. The highest BCUT2D eigenvalue weighted by Gasteiger charge is 2.31. The third kappa shape index (κ3) is 5.72. The van der Waals surface area contributed by atoms with Gasteiger partial charge in [-0.2, -0.15) is 0 Å². The zero-order valence-electron chi connectivity index (χ0n) is 21.1. The van der Waals surface area contributed by atoms with Crippen molar-refractivity contribution in [2.45, 2.75) is 32.6 Å². The molecule has 0 radical (unpaired) electrons. The Hall–Kier alpha value is -3.75. The quantitative estimate of drug-likeness (QED) is 0.629. The molecule has 0 spiro atoms. The summed E-state index contributed by atoms with van der Waals surface area (Å²) in [7, 11) is 3.02. The first-order chi connectivity index (χ1) is 17.4. The number of carbonyl (C=O) groups excluding carboxylic acids is 3. The summed E-state index contributed by atoms with van der Waals surface area (Å²) in [6.45, 7) is 4.22. The number of methoxy groups -OCH3 is 2. The lowest BCUT2D eigenvalue weighted by molar-refractivity contribution is -0.121. The van der Waals surface area contributed by atoms with Crippen molar-refractivity contribution in [3.05, 3.63) is 47.5 Å². The van der Waals surface area contributed by atoms with Gasteiger partial charge < -0.3 is 29.9 Å². The summed E-state index contributed by atoms with van der Waals surface area (Å²) in [4.78, 5) is 42.9. The average Bonchev–Trinajstić information content (AvgIpc) is 3.43. The van der Waals surface area contributed by atoms with Crippen LogP contribution in [0, 0.1) is 12.8 Å². The van der Waals surface area contributed by atoms with Crippen LogP contribution in [0.25, 0.3) is 0 Å². The predicted molar refractivity (Wildman–Crippen MR) is 138 cm³/mol. The van der Waals surface area contributed by atoms with Crippen molar-refractivity contribution in [2.24, 2.45) is 5.92 Å². The number of urea groups is 1. The summed E-state index contributed by atoms with van der Waals surface area (Å²) < 4.78 is 10.8. The van der Waals surface area contributed by atoms with E-state index in [2.05, 4.69) is 10.6 Å². The van der Waals surface area contributed by atoms with Crippen LogP contribution < -0.4 is 20.1 Å². The third-order valence-electron chi connectivity index (χ3n) is 6.75. The second-order valence-corrected chi connectivity index (χ2v) is 9.33. The van der Waals surface area contributed by atoms with E-state index in [1.165, 1.54) is 14.2 Å². The number of ether oxygens (including phenoxy) is 2. The van der Waals surface area contributed by atoms with E-state index in [-0.39, 0.29) is 17.8 Å². The molecule has 192 valence electrons. The lowest BCUT2D eigenvalue weighted by Gasteiger charge is -2.32. The largest absolute Gasteiger partial charge is 0.493 e. The molecular formula is C27H34N4O5. The Kier molecular flexibility index (Phi) is 7.97. The Labute approximate surface area is 211 Å². The van der Waals surface area contributed by atoms with Crippen LogP contribution in [0.5, 0.6) is 11.5 Å². The highest BCUT2D eigenvalue weighted by Crippen LogP contribution is 2.35. The van der Waals surface area contributed by atoms with Crippen LogP contribution in [-0.2, 0) is 4.79 Å². The van der Waals surface area contributed by atoms with Gasteiger partial charge in [-0.3, -0.25) is 9.59 Å². The van der Waals surface area contributed by atoms with E-state index in [4.69, 9.17) is 9.47 Å². The molecule has 36 heavy (non-hydrogen) atoms. The van der Waals surface area contributed by atoms with Gasteiger partial charge in [-0.15, -0.1) is 0 Å². The summed E-state index contributed by atoms with van der Waals surface area (Å²) >= 11 is 0. The minimum atomic E-state index is -0.398. The Balaban J connectivity index is 1.49. The molecule has 0 bridgehead atoms. The first-order valence-electron chi connectivity index (χ1n) is 12.4. The molecule has 2 saturated heterocycles. The second-order valence-electron chi connectivity index (χ2n) is 9.33. The number of nitrogens with zero attached hydrogens (tertiary/aromatic N) is 2. The van der Waals surface area contributed by atoms with Gasteiger partial charge in [0.2, 0.25) is 5.91 Å². The number of hydrogen-bond acceptors (Lipinski definition) is 5. The van der Waals surface area contributed by atoms with E-state index in [1.54, 1.807) is 21.9 Å². The Morgan fingerprint density at radius 2 is 1.58 bits per heavy atom. The van der Waals surface area contributed by atoms with Crippen LogP contribution in [0.1, 0.15) is 41.6 Å². The van der Waals surface area contributed by atoms with Crippen molar-refractivity contribution in [3.63, 3.8) is 0 Å². The number of piperidine rings is 1. The van der Waals surface area contributed by atoms with Crippen molar-refractivity contribution in [2.75, 3.05) is 51.0 Å². The molecule has 4 amide bonds. The number of carbonyl (C=O) groups is 3. The van der Waals surface area contributed by atoms with Crippen LogP contribution in [0.3, 0.4) is 0 Å². The topological polar surface area (TPSA) is 100 Å². The predicted octanol–water partition coefficient (Wildman–Crippen LogP) is 4.13. The maximum atomic E-state index is 13.3. The summed E-state index contributed by atoms with van der Waals surface area (Å²) in [5.74, 6) is 0.0745. The van der Waals surface area contributed by atoms with Gasteiger partial charge in [0.25, 0.3) is 5.91 Å². The van der Waals surface area contributed by atoms with Crippen LogP contribution in [0.2, 0.25) is 0 Å². The highest BCUT2D eigenvalue weighted by atomic mass is 16.5. The number of aryl methyl sites for hydroxylation is 1. The number of nitrogens with one attached hydrogen (secondary N) is 2. The summed E-state index contributed by atoms with van der Waals surface area (Å²) in [5.41, 5.74) is 2.53. The molecule has 9 nitrogen and oxygen atoms in total. The molecule has 1 atom stereocenters. The number of benzene rings is 2. The van der Waals surface area contributed by atoms with E-state index in [0.29, 0.717) is 61.8 Å². The monoisotopic (exact) mass is 494 g/mol. The van der Waals surface area contributed by atoms with Crippen molar-refractivity contribution < 1.29 is 23.9 Å². The number of likely N-dealkylation sites (tertiary alicyclic amines) is 2. The third-order valence-corrected chi connectivity index (χ3v) is 6.75. The molecular weight excluding hydrogens is 460 g/mol. The number of rotatable bonds is 6. The number of amides is 4. The lowest BCUT2D eigenvalue weighted by Crippen LogP contribution is -2.45. The summed E-state index contributed by atoms with van der Waals surface area (Å²) in [5, 5.41) is 5.87. The van der Waals surface area contributed by atoms with Gasteiger partial charge in [0.15, 0.2) is 11.5 Å². The van der Waals surface area contributed by atoms with Crippen LogP contribution in [0.15, 0.2) is 36.4 Å². The van der Waals surface area contributed by atoms with Crippen LogP contribution in [0.4, 0.5) is 16.2 Å². The van der Waals surface area contributed by atoms with Gasteiger partial charge >= 0.3 is 6.03 Å². The van der Waals surface area contributed by atoms with Gasteiger partial charge in [-0.25, -0.2) is 4.79 Å². The van der Waals surface area contributed by atoms with Gasteiger partial charge in [0, 0.05) is 37.9 Å². The van der Waals surface area contributed by atoms with Crippen LogP contribution in [-0.4, -0.2) is 68.0 Å². The van der Waals surface area contributed by atoms with Crippen LogP contribution >= 0.6 is 0 Å². The molecule has 0 aliphatic carbocycles. The van der Waals surface area contributed by atoms with Gasteiger partial charge in [0.05, 0.1) is 31.4 Å². The molecule has 2 aliphatic rings. The molecule has 0 saturated carbocycles. The van der Waals surface area contributed by atoms with E-state index in [9.17, 15) is 14.4 Å². The zero-order chi connectivity index (χ0) is 25.7. The maximum Gasteiger partial charge on any atom is 0.321 e. The molecule has 2 aliphatic heterocycles. The molecule has 2 fully saturated rings. The van der Waals surface area contributed by atoms with Gasteiger partial charge in [0.1, 0.15) is 0 Å². The fourth-order valence-corrected chi connectivity index (χ4v) is 4.79. The van der Waals surface area contributed by atoms with E-state index < -0.39 is 5.92 Å². The van der Waals surface area contributed by atoms with Crippen molar-refractivity contribution in [1.29, 1.82) is 0 Å². The Morgan fingerprint density at radius 1 is 0.889 bits per heavy atom. The first kappa shape index (κ1) is 25.3. The Bertz CT molecular complexity index is 1130. The molecule has 2 N–H and O–H groups in total. The fraction of sp³-hybridized carbons (Fsp3) is 0.444. The van der Waals surface area contributed by atoms with E-state index in [1.807, 2.05) is 31.2 Å². The van der Waals surface area contributed by atoms with E-state index in [0.717, 1.165) is 24.1 Å². The minimum absolute atomic E-state index is 0.147. The van der Waals surface area contributed by atoms with E-state index >= 15 is 0 Å². The molecule has 4 rings (SSSR count). The fourth-order valence-electron chi connectivity index (χ4n) is 4.79. The normalized spacial score (nSPS) is 17.5. The van der Waals surface area contributed by atoms with Gasteiger partial charge in [-0.05, 0) is 56.4 Å². The van der Waals surface area contributed by atoms with Crippen molar-refractivity contribution >= 4 is 29.2 Å². The second kappa shape index (κ2) is 11.3. The lowest BCUT2D eigenvalue weighted by atomic mass is 9.97. The standard InChI is InChI=1S/C27H34N4O5/c1-18-8-6-10-20(14-18)28-27(34)31-13-7-9-19(17-31)25(32)29-22-16-24(36-3)23(35-2)15-21(22)26(33)30-11-4-5-12-30/h6,8,10,14-16,19H,4-5,7,9,11-13,17H2,1-3H3,(H,28,34)(H,29,32). The molecule has 1 unspecified atom stereocenters. The molecule has 0 aromatic heterocycles. The van der Waals surface area contributed by atoms with Crippen molar-refractivity contribution in [3.8, 4) is 11.5 Å². The maximum absolute atomic E-state index is 13.3. The number of anilines is 2. The average molecular weight is 495 g/mol. The highest BCUT2D eigenvalue weighted by molar-refractivity contribution is 6.05. The zero-order valence-corrected chi connectivity index (χ0v) is 21.1. The summed E-state index contributed by atoms with van der Waals surface area (Å²) in [6.07, 6.45) is 3.29. The molecule has 2 heterocycles. The molecule has 2 aromatic carbocycles. The first-order valence-corrected chi connectivity index (χ1v) is 12.4. The van der Waals surface area contributed by atoms with Gasteiger partial charge in [-0.1, -0.05) is 12.1 Å². The summed E-state index contributed by atoms with van der Waals surface area (Å²) in [6, 6.07) is 10.6.